The van der Waals surface area contributed by atoms with Gasteiger partial charge in [-0.25, -0.2) is 0 Å². The number of amides is 2. The highest BCUT2D eigenvalue weighted by molar-refractivity contribution is 6.35. The average molecular weight is 407 g/mol. The summed E-state index contributed by atoms with van der Waals surface area (Å²) in [7, 11) is 0. The van der Waals surface area contributed by atoms with Gasteiger partial charge in [-0.05, 0) is 37.2 Å². The molecule has 0 radical (unpaired) electrons. The minimum Gasteiger partial charge on any atom is -0.339 e. The fourth-order valence-corrected chi connectivity index (χ4v) is 3.67. The quantitative estimate of drug-likeness (QED) is 0.839. The third-order valence-corrected chi connectivity index (χ3v) is 5.33. The minimum atomic E-state index is -0.0947. The van der Waals surface area contributed by atoms with E-state index in [1.807, 2.05) is 11.8 Å². The van der Waals surface area contributed by atoms with Crippen LogP contribution in [0.3, 0.4) is 0 Å². The molecule has 25 heavy (non-hydrogen) atoms. The van der Waals surface area contributed by atoms with Crippen molar-refractivity contribution in [2.75, 3.05) is 39.3 Å². The lowest BCUT2D eigenvalue weighted by Crippen LogP contribution is -2.55. The van der Waals surface area contributed by atoms with Crippen molar-refractivity contribution < 1.29 is 9.59 Å². The van der Waals surface area contributed by atoms with Crippen LogP contribution in [0.4, 0.5) is 0 Å². The molecule has 8 heteroatoms. The third kappa shape index (κ3) is 4.59. The zero-order valence-corrected chi connectivity index (χ0v) is 16.3. The van der Waals surface area contributed by atoms with Crippen LogP contribution in [-0.4, -0.2) is 60.9 Å². The van der Waals surface area contributed by atoms with E-state index in [9.17, 15) is 9.59 Å². The number of hydrogen-bond donors (Lipinski definition) is 1. The molecular formula is C17H22Cl3N3O2. The van der Waals surface area contributed by atoms with E-state index < -0.39 is 0 Å². The second-order valence-corrected chi connectivity index (χ2v) is 7.36. The number of carbonyl (C=O) groups excluding carboxylic acids is 2. The zero-order valence-electron chi connectivity index (χ0n) is 14.0. The van der Waals surface area contributed by atoms with E-state index in [2.05, 4.69) is 5.32 Å². The Morgan fingerprint density at radius 3 is 2.04 bits per heavy atom. The Morgan fingerprint density at radius 1 is 1.04 bits per heavy atom. The Kier molecular flexibility index (Phi) is 6.97. The standard InChI is InChI=1S/C17H21Cl2N3O2.ClH/c1-11(13-9-20-10-13)16(23)21-2-4-22(5-3-21)17(24)12-6-14(18)8-15(19)7-12;/h6-8,11,13,20H,2-5,9-10H2,1H3;1H. The van der Waals surface area contributed by atoms with E-state index in [1.165, 1.54) is 0 Å². The van der Waals surface area contributed by atoms with E-state index in [0.29, 0.717) is 47.7 Å². The van der Waals surface area contributed by atoms with Crippen molar-refractivity contribution in [3.05, 3.63) is 33.8 Å². The molecule has 2 amide bonds. The first-order chi connectivity index (χ1) is 11.5. The van der Waals surface area contributed by atoms with Gasteiger partial charge in [0.25, 0.3) is 5.91 Å². The van der Waals surface area contributed by atoms with Crippen LogP contribution in [0.25, 0.3) is 0 Å². The van der Waals surface area contributed by atoms with Crippen molar-refractivity contribution in [2.24, 2.45) is 11.8 Å². The summed E-state index contributed by atoms with van der Waals surface area (Å²) in [4.78, 5) is 28.7. The highest BCUT2D eigenvalue weighted by Gasteiger charge is 2.33. The summed E-state index contributed by atoms with van der Waals surface area (Å²) in [5.74, 6) is 0.577. The summed E-state index contributed by atoms with van der Waals surface area (Å²) in [6, 6.07) is 4.85. The molecule has 1 atom stereocenters. The van der Waals surface area contributed by atoms with E-state index in [1.54, 1.807) is 23.1 Å². The summed E-state index contributed by atoms with van der Waals surface area (Å²) in [5.41, 5.74) is 0.487. The number of rotatable bonds is 3. The Labute approximate surface area is 164 Å². The number of nitrogens with one attached hydrogen (secondary N) is 1. The fourth-order valence-electron chi connectivity index (χ4n) is 3.14. The number of benzene rings is 1. The highest BCUT2D eigenvalue weighted by Crippen LogP contribution is 2.22. The third-order valence-electron chi connectivity index (χ3n) is 4.90. The maximum atomic E-state index is 12.6. The minimum absolute atomic E-state index is 0. The molecule has 0 aliphatic carbocycles. The molecule has 1 aromatic rings. The molecule has 5 nitrogen and oxygen atoms in total. The monoisotopic (exact) mass is 405 g/mol. The largest absolute Gasteiger partial charge is 0.339 e. The first kappa shape index (κ1) is 20.3. The summed E-state index contributed by atoms with van der Waals surface area (Å²) in [6.07, 6.45) is 0. The van der Waals surface area contributed by atoms with E-state index in [4.69, 9.17) is 23.2 Å². The van der Waals surface area contributed by atoms with Crippen molar-refractivity contribution in [1.82, 2.24) is 15.1 Å². The number of carbonyl (C=O) groups is 2. The maximum Gasteiger partial charge on any atom is 0.254 e. The van der Waals surface area contributed by atoms with Gasteiger partial charge in [0, 0.05) is 47.7 Å². The van der Waals surface area contributed by atoms with Gasteiger partial charge in [-0.3, -0.25) is 9.59 Å². The Hall–Kier alpha value is -1.01. The van der Waals surface area contributed by atoms with Gasteiger partial charge in [-0.2, -0.15) is 0 Å². The van der Waals surface area contributed by atoms with Crippen LogP contribution in [0, 0.1) is 11.8 Å². The van der Waals surface area contributed by atoms with Crippen LogP contribution in [0.5, 0.6) is 0 Å². The van der Waals surface area contributed by atoms with Crippen molar-refractivity contribution in [3.63, 3.8) is 0 Å². The molecule has 0 aromatic heterocycles. The fraction of sp³-hybridized carbons (Fsp3) is 0.529. The molecular weight excluding hydrogens is 385 g/mol. The zero-order chi connectivity index (χ0) is 17.3. The topological polar surface area (TPSA) is 52.7 Å². The lowest BCUT2D eigenvalue weighted by molar-refractivity contribution is -0.138. The van der Waals surface area contributed by atoms with Crippen molar-refractivity contribution in [3.8, 4) is 0 Å². The van der Waals surface area contributed by atoms with Gasteiger partial charge in [-0.1, -0.05) is 30.1 Å². The molecule has 138 valence electrons. The molecule has 2 heterocycles. The summed E-state index contributed by atoms with van der Waals surface area (Å²) < 4.78 is 0. The van der Waals surface area contributed by atoms with Gasteiger partial charge in [-0.15, -0.1) is 12.4 Å². The molecule has 2 fully saturated rings. The van der Waals surface area contributed by atoms with Crippen LogP contribution >= 0.6 is 35.6 Å². The maximum absolute atomic E-state index is 12.6. The molecule has 3 rings (SSSR count). The van der Waals surface area contributed by atoms with Crippen molar-refractivity contribution in [2.45, 2.75) is 6.92 Å². The first-order valence-electron chi connectivity index (χ1n) is 8.20. The van der Waals surface area contributed by atoms with Crippen LogP contribution in [-0.2, 0) is 4.79 Å². The number of halogens is 3. The summed E-state index contributed by atoms with van der Waals surface area (Å²) in [5, 5.41) is 4.10. The molecule has 2 aliphatic rings. The second-order valence-electron chi connectivity index (χ2n) is 6.48. The first-order valence-corrected chi connectivity index (χ1v) is 8.96. The Bertz CT molecular complexity index is 624. The van der Waals surface area contributed by atoms with Crippen LogP contribution < -0.4 is 5.32 Å². The average Bonchev–Trinajstić information content (AvgIpc) is 2.51. The smallest absolute Gasteiger partial charge is 0.254 e. The van der Waals surface area contributed by atoms with Gasteiger partial charge in [0.2, 0.25) is 5.91 Å². The number of nitrogens with zero attached hydrogens (tertiary/aromatic N) is 2. The highest BCUT2D eigenvalue weighted by atomic mass is 35.5. The number of hydrogen-bond acceptors (Lipinski definition) is 3. The second kappa shape index (κ2) is 8.58. The lowest BCUT2D eigenvalue weighted by atomic mass is 9.88. The molecule has 1 unspecified atom stereocenters. The van der Waals surface area contributed by atoms with Crippen LogP contribution in [0.15, 0.2) is 18.2 Å². The van der Waals surface area contributed by atoms with Crippen molar-refractivity contribution >= 4 is 47.4 Å². The summed E-state index contributed by atoms with van der Waals surface area (Å²) >= 11 is 11.9. The Morgan fingerprint density at radius 2 is 1.56 bits per heavy atom. The molecule has 1 N–H and O–H groups in total. The van der Waals surface area contributed by atoms with Gasteiger partial charge < -0.3 is 15.1 Å². The molecule has 0 bridgehead atoms. The normalized spacial score (nSPS) is 19.0. The Balaban J connectivity index is 0.00000225. The van der Waals surface area contributed by atoms with Crippen molar-refractivity contribution in [1.29, 1.82) is 0 Å². The van der Waals surface area contributed by atoms with Gasteiger partial charge in [0.05, 0.1) is 0 Å². The summed E-state index contributed by atoms with van der Waals surface area (Å²) in [6.45, 7) is 6.04. The van der Waals surface area contributed by atoms with E-state index in [-0.39, 0.29) is 30.1 Å². The van der Waals surface area contributed by atoms with E-state index in [0.717, 1.165) is 13.1 Å². The molecule has 2 saturated heterocycles. The van der Waals surface area contributed by atoms with Crippen LogP contribution in [0.1, 0.15) is 17.3 Å². The van der Waals surface area contributed by atoms with E-state index >= 15 is 0 Å². The molecule has 0 spiro atoms. The SMILES string of the molecule is CC(C(=O)N1CCN(C(=O)c2cc(Cl)cc(Cl)c2)CC1)C1CNC1.Cl. The molecule has 2 aliphatic heterocycles. The molecule has 0 saturated carbocycles. The van der Waals surface area contributed by atoms with Crippen LogP contribution in [0.2, 0.25) is 10.0 Å². The lowest BCUT2D eigenvalue weighted by Gasteiger charge is -2.39. The van der Waals surface area contributed by atoms with Gasteiger partial charge >= 0.3 is 0 Å². The van der Waals surface area contributed by atoms with Gasteiger partial charge in [0.15, 0.2) is 0 Å². The number of piperazine rings is 1. The predicted octanol–water partition coefficient (Wildman–Crippen LogP) is 2.56. The van der Waals surface area contributed by atoms with Gasteiger partial charge in [0.1, 0.15) is 0 Å². The molecule has 1 aromatic carbocycles. The predicted molar refractivity (Wildman–Crippen MR) is 102 cm³/mol.